The molecule has 0 aromatic heterocycles. The highest BCUT2D eigenvalue weighted by atomic mass is 14.1. The first-order chi connectivity index (χ1) is 16.0. The first-order valence-corrected chi connectivity index (χ1v) is 11.5. The Morgan fingerprint density at radius 1 is 0.576 bits per heavy atom. The van der Waals surface area contributed by atoms with Crippen molar-refractivity contribution >= 4 is 0 Å². The Balaban J connectivity index is 0. The highest BCUT2D eigenvalue weighted by Gasteiger charge is 2.05. The maximum absolute atomic E-state index is 3.36. The lowest BCUT2D eigenvalue weighted by Gasteiger charge is -2.10. The van der Waals surface area contributed by atoms with E-state index < -0.39 is 0 Å². The van der Waals surface area contributed by atoms with Gasteiger partial charge in [-0.15, -0.1) is 39.5 Å². The SMILES string of the molecule is C=C.C=C.C=CC.C=CC.CCc1ccc(-c2ccc(-c3ccc(CC)cc3)c(C)c2)cc1. The van der Waals surface area contributed by atoms with Gasteiger partial charge in [-0.1, -0.05) is 92.7 Å². The number of rotatable bonds is 4. The monoisotopic (exact) mass is 440 g/mol. The van der Waals surface area contributed by atoms with Crippen LogP contribution < -0.4 is 0 Å². The third-order valence-electron chi connectivity index (χ3n) is 4.60. The van der Waals surface area contributed by atoms with Crippen LogP contribution in [0.4, 0.5) is 0 Å². The number of allylic oxidation sites excluding steroid dienone is 2. The van der Waals surface area contributed by atoms with Gasteiger partial charge in [0.1, 0.15) is 0 Å². The predicted molar refractivity (Wildman–Crippen MR) is 155 cm³/mol. The van der Waals surface area contributed by atoms with Crippen LogP contribution in [0.1, 0.15) is 44.4 Å². The second kappa shape index (κ2) is 20.5. The van der Waals surface area contributed by atoms with Gasteiger partial charge in [0.15, 0.2) is 0 Å². The Hall–Kier alpha value is -3.38. The maximum atomic E-state index is 3.36. The zero-order valence-corrected chi connectivity index (χ0v) is 21.7. The molecular formula is C33H44. The van der Waals surface area contributed by atoms with Crippen LogP contribution in [0.5, 0.6) is 0 Å². The van der Waals surface area contributed by atoms with Crippen molar-refractivity contribution < 1.29 is 0 Å². The highest BCUT2D eigenvalue weighted by molar-refractivity contribution is 5.73. The van der Waals surface area contributed by atoms with Gasteiger partial charge in [-0.2, -0.15) is 0 Å². The van der Waals surface area contributed by atoms with Crippen LogP contribution in [0.2, 0.25) is 0 Å². The van der Waals surface area contributed by atoms with Crippen molar-refractivity contribution in [2.45, 2.75) is 47.5 Å². The average molecular weight is 441 g/mol. The van der Waals surface area contributed by atoms with Crippen LogP contribution in [-0.4, -0.2) is 0 Å². The van der Waals surface area contributed by atoms with Gasteiger partial charge in [-0.05, 0) is 72.6 Å². The molecule has 0 aliphatic carbocycles. The van der Waals surface area contributed by atoms with Crippen molar-refractivity contribution in [3.05, 3.63) is 135 Å². The Morgan fingerprint density at radius 3 is 1.24 bits per heavy atom. The minimum Gasteiger partial charge on any atom is -0.106 e. The van der Waals surface area contributed by atoms with E-state index in [0.717, 1.165) is 12.8 Å². The van der Waals surface area contributed by atoms with Gasteiger partial charge in [0.2, 0.25) is 0 Å². The van der Waals surface area contributed by atoms with Gasteiger partial charge in [0, 0.05) is 0 Å². The quantitative estimate of drug-likeness (QED) is 0.354. The minimum absolute atomic E-state index is 1.09. The van der Waals surface area contributed by atoms with Crippen molar-refractivity contribution in [2.24, 2.45) is 0 Å². The number of aryl methyl sites for hydroxylation is 3. The van der Waals surface area contributed by atoms with Crippen LogP contribution in [0.25, 0.3) is 22.3 Å². The van der Waals surface area contributed by atoms with Crippen molar-refractivity contribution in [2.75, 3.05) is 0 Å². The third-order valence-corrected chi connectivity index (χ3v) is 4.60. The summed E-state index contributed by atoms with van der Waals surface area (Å²) in [5, 5.41) is 0. The van der Waals surface area contributed by atoms with Crippen LogP contribution in [-0.2, 0) is 12.8 Å². The van der Waals surface area contributed by atoms with E-state index in [1.165, 1.54) is 38.9 Å². The molecule has 3 rings (SSSR count). The molecule has 0 atom stereocenters. The number of benzene rings is 3. The van der Waals surface area contributed by atoms with Crippen molar-refractivity contribution in [3.8, 4) is 22.3 Å². The molecule has 0 unspecified atom stereocenters. The molecule has 3 aromatic rings. The molecule has 0 aliphatic rings. The fourth-order valence-corrected chi connectivity index (χ4v) is 3.02. The second-order valence-corrected chi connectivity index (χ2v) is 6.95. The van der Waals surface area contributed by atoms with Gasteiger partial charge >= 0.3 is 0 Å². The molecule has 3 aromatic carbocycles. The topological polar surface area (TPSA) is 0 Å². The Bertz CT molecular complexity index is 888. The molecule has 0 saturated carbocycles. The molecule has 33 heavy (non-hydrogen) atoms. The number of hydrogen-bond donors (Lipinski definition) is 0. The van der Waals surface area contributed by atoms with E-state index in [9.17, 15) is 0 Å². The summed E-state index contributed by atoms with van der Waals surface area (Å²) in [5.74, 6) is 0. The van der Waals surface area contributed by atoms with Crippen LogP contribution in [0.3, 0.4) is 0 Å². The van der Waals surface area contributed by atoms with E-state index >= 15 is 0 Å². The van der Waals surface area contributed by atoms with E-state index in [2.05, 4.69) is 127 Å². The standard InChI is InChI=1S/C23H24.2C3H6.2C2H4/c1-4-18-6-10-20(11-7-18)22-14-15-23(17(3)16-22)21-12-8-19(5-2)9-13-21;2*1-3-2;2*1-2/h6-16H,4-5H2,1-3H3;2*3H,1H2,2H3;2*1-2H2. The van der Waals surface area contributed by atoms with Crippen molar-refractivity contribution in [1.82, 2.24) is 0 Å². The summed E-state index contributed by atoms with van der Waals surface area (Å²) >= 11 is 0. The van der Waals surface area contributed by atoms with Crippen LogP contribution in [0, 0.1) is 6.92 Å². The average Bonchev–Trinajstić information content (AvgIpc) is 2.87. The molecule has 0 N–H and O–H groups in total. The lowest BCUT2D eigenvalue weighted by Crippen LogP contribution is -1.87. The van der Waals surface area contributed by atoms with Gasteiger partial charge in [-0.3, -0.25) is 0 Å². The Labute approximate surface area is 204 Å². The zero-order chi connectivity index (χ0) is 25.6. The van der Waals surface area contributed by atoms with Crippen LogP contribution >= 0.6 is 0 Å². The normalized spacial score (nSPS) is 8.52. The molecule has 0 saturated heterocycles. The summed E-state index contributed by atoms with van der Waals surface area (Å²) in [5.41, 5.74) is 9.30. The van der Waals surface area contributed by atoms with E-state index in [-0.39, 0.29) is 0 Å². The first-order valence-electron chi connectivity index (χ1n) is 11.5. The van der Waals surface area contributed by atoms with E-state index in [1.807, 2.05) is 13.8 Å². The largest absolute Gasteiger partial charge is 0.106 e. The summed E-state index contributed by atoms with van der Waals surface area (Å²) in [6.07, 6.45) is 5.68. The van der Waals surface area contributed by atoms with Gasteiger partial charge in [-0.25, -0.2) is 0 Å². The molecule has 0 heteroatoms. The predicted octanol–water partition coefficient (Wildman–Crippen LogP) is 10.4. The molecule has 0 spiro atoms. The highest BCUT2D eigenvalue weighted by Crippen LogP contribution is 2.29. The van der Waals surface area contributed by atoms with Gasteiger partial charge in [0.05, 0.1) is 0 Å². The van der Waals surface area contributed by atoms with E-state index in [1.54, 1.807) is 12.2 Å². The van der Waals surface area contributed by atoms with Gasteiger partial charge < -0.3 is 0 Å². The summed E-state index contributed by atoms with van der Waals surface area (Å²) in [7, 11) is 0. The zero-order valence-electron chi connectivity index (χ0n) is 21.7. The maximum Gasteiger partial charge on any atom is -0.0154 e. The molecule has 0 radical (unpaired) electrons. The summed E-state index contributed by atoms with van der Waals surface area (Å²) < 4.78 is 0. The Kier molecular flexibility index (Phi) is 19.8. The molecule has 0 heterocycles. The summed E-state index contributed by atoms with van der Waals surface area (Å²) in [4.78, 5) is 0. The lowest BCUT2D eigenvalue weighted by molar-refractivity contribution is 1.14. The van der Waals surface area contributed by atoms with E-state index in [0.29, 0.717) is 0 Å². The van der Waals surface area contributed by atoms with Crippen molar-refractivity contribution in [3.63, 3.8) is 0 Å². The number of hydrogen-bond acceptors (Lipinski definition) is 0. The molecule has 0 amide bonds. The molecule has 0 nitrogen and oxygen atoms in total. The lowest BCUT2D eigenvalue weighted by atomic mass is 9.94. The first kappa shape index (κ1) is 31.8. The van der Waals surface area contributed by atoms with E-state index in [4.69, 9.17) is 0 Å². The third kappa shape index (κ3) is 11.7. The fraction of sp³-hybridized carbons (Fsp3) is 0.212. The molecular weight excluding hydrogens is 396 g/mol. The Morgan fingerprint density at radius 2 is 0.909 bits per heavy atom. The fourth-order valence-electron chi connectivity index (χ4n) is 3.02. The molecule has 0 aliphatic heterocycles. The smallest absolute Gasteiger partial charge is 0.0154 e. The minimum atomic E-state index is 1.09. The van der Waals surface area contributed by atoms with Crippen molar-refractivity contribution in [1.29, 1.82) is 0 Å². The molecule has 176 valence electrons. The van der Waals surface area contributed by atoms with Gasteiger partial charge in [0.25, 0.3) is 0 Å². The second-order valence-electron chi connectivity index (χ2n) is 6.95. The summed E-state index contributed by atoms with van der Waals surface area (Å²) in [6, 6.07) is 24.6. The van der Waals surface area contributed by atoms with Crippen LogP contribution in [0.15, 0.2) is 118 Å². The summed E-state index contributed by atoms with van der Waals surface area (Å²) in [6.45, 7) is 29.1. The molecule has 0 bridgehead atoms. The molecule has 0 fully saturated rings.